The molecule has 0 amide bonds. The van der Waals surface area contributed by atoms with Crippen molar-refractivity contribution in [1.29, 1.82) is 0 Å². The van der Waals surface area contributed by atoms with Crippen LogP contribution in [0.4, 0.5) is 0 Å². The molecule has 0 bridgehead atoms. The largest absolute Gasteiger partial charge is 0.281 e. The predicted octanol–water partition coefficient (Wildman–Crippen LogP) is 1.99. The zero-order valence-electron chi connectivity index (χ0n) is 11.5. The fourth-order valence-corrected chi connectivity index (χ4v) is 4.40. The van der Waals surface area contributed by atoms with Gasteiger partial charge in [-0.25, -0.2) is 13.1 Å². The maximum atomic E-state index is 12.6. The number of sulfonamides is 1. The Hall–Kier alpha value is -1.66. The fourth-order valence-electron chi connectivity index (χ4n) is 2.58. The summed E-state index contributed by atoms with van der Waals surface area (Å²) < 4.78 is 28.0. The van der Waals surface area contributed by atoms with Crippen LogP contribution in [0.15, 0.2) is 35.2 Å². The van der Waals surface area contributed by atoms with Crippen LogP contribution >= 0.6 is 0 Å². The first-order valence-corrected chi connectivity index (χ1v) is 8.04. The van der Waals surface area contributed by atoms with Gasteiger partial charge >= 0.3 is 0 Å². The second-order valence-electron chi connectivity index (χ2n) is 5.32. The highest BCUT2D eigenvalue weighted by Crippen LogP contribution is 2.46. The Morgan fingerprint density at radius 2 is 1.85 bits per heavy atom. The standard InChI is InChI=1S/C14H17N3O2S/c1-10-13(11(2)16-15-10)20(18,19)17-14(8-9-14)12-6-4-3-5-7-12/h3-7,17H,8-9H2,1-2H3,(H,15,16). The molecule has 106 valence electrons. The number of hydrogen-bond donors (Lipinski definition) is 2. The van der Waals surface area contributed by atoms with Gasteiger partial charge < -0.3 is 0 Å². The van der Waals surface area contributed by atoms with E-state index >= 15 is 0 Å². The van der Waals surface area contributed by atoms with Gasteiger partial charge in [-0.05, 0) is 32.3 Å². The Balaban J connectivity index is 1.96. The number of nitrogens with zero attached hydrogens (tertiary/aromatic N) is 1. The molecule has 6 heteroatoms. The quantitative estimate of drug-likeness (QED) is 0.904. The van der Waals surface area contributed by atoms with Crippen LogP contribution in [-0.4, -0.2) is 18.6 Å². The second-order valence-corrected chi connectivity index (χ2v) is 6.94. The van der Waals surface area contributed by atoms with E-state index in [1.807, 2.05) is 30.3 Å². The Morgan fingerprint density at radius 3 is 2.35 bits per heavy atom. The summed E-state index contributed by atoms with van der Waals surface area (Å²) >= 11 is 0. The molecule has 0 spiro atoms. The van der Waals surface area contributed by atoms with Crippen LogP contribution in [0.25, 0.3) is 0 Å². The van der Waals surface area contributed by atoms with Crippen molar-refractivity contribution in [1.82, 2.24) is 14.9 Å². The van der Waals surface area contributed by atoms with Gasteiger partial charge in [-0.1, -0.05) is 30.3 Å². The molecule has 0 unspecified atom stereocenters. The predicted molar refractivity (Wildman–Crippen MR) is 75.7 cm³/mol. The van der Waals surface area contributed by atoms with E-state index in [0.717, 1.165) is 18.4 Å². The Labute approximate surface area is 118 Å². The number of aromatic amines is 1. The van der Waals surface area contributed by atoms with Crippen LogP contribution in [-0.2, 0) is 15.6 Å². The molecule has 5 nitrogen and oxygen atoms in total. The summed E-state index contributed by atoms with van der Waals surface area (Å²) in [5.74, 6) is 0. The van der Waals surface area contributed by atoms with Crippen LogP contribution in [0.1, 0.15) is 29.8 Å². The topological polar surface area (TPSA) is 74.8 Å². The summed E-state index contributed by atoms with van der Waals surface area (Å²) in [5.41, 5.74) is 1.64. The molecule has 1 aliphatic rings. The van der Waals surface area contributed by atoms with Gasteiger partial charge in [0.1, 0.15) is 4.90 Å². The zero-order valence-corrected chi connectivity index (χ0v) is 12.3. The molecule has 2 N–H and O–H groups in total. The summed E-state index contributed by atoms with van der Waals surface area (Å²) in [6.45, 7) is 3.41. The third-order valence-electron chi connectivity index (χ3n) is 3.74. The van der Waals surface area contributed by atoms with Gasteiger partial charge in [0.15, 0.2) is 0 Å². The maximum absolute atomic E-state index is 12.6. The van der Waals surface area contributed by atoms with Crippen molar-refractivity contribution >= 4 is 10.0 Å². The molecule has 3 rings (SSSR count). The van der Waals surface area contributed by atoms with Gasteiger partial charge in [0.05, 0.1) is 16.9 Å². The number of hydrogen-bond acceptors (Lipinski definition) is 3. The first-order valence-electron chi connectivity index (χ1n) is 6.56. The molecule has 0 aliphatic heterocycles. The number of aryl methyl sites for hydroxylation is 2. The van der Waals surface area contributed by atoms with E-state index < -0.39 is 15.6 Å². The maximum Gasteiger partial charge on any atom is 0.245 e. The minimum atomic E-state index is -3.57. The van der Waals surface area contributed by atoms with Crippen LogP contribution in [0, 0.1) is 13.8 Å². The lowest BCUT2D eigenvalue weighted by molar-refractivity contribution is 0.550. The summed E-state index contributed by atoms with van der Waals surface area (Å²) in [5, 5.41) is 6.68. The molecule has 0 radical (unpaired) electrons. The SMILES string of the molecule is Cc1n[nH]c(C)c1S(=O)(=O)NC1(c2ccccc2)CC1. The number of H-pyrrole nitrogens is 1. The smallest absolute Gasteiger partial charge is 0.245 e. The van der Waals surface area contributed by atoms with E-state index in [9.17, 15) is 8.42 Å². The van der Waals surface area contributed by atoms with Crippen LogP contribution in [0.3, 0.4) is 0 Å². The van der Waals surface area contributed by atoms with E-state index in [4.69, 9.17) is 0 Å². The Morgan fingerprint density at radius 1 is 1.20 bits per heavy atom. The molecular formula is C14H17N3O2S. The van der Waals surface area contributed by atoms with E-state index in [2.05, 4.69) is 14.9 Å². The first kappa shape index (κ1) is 13.3. The summed E-state index contributed by atoms with van der Waals surface area (Å²) in [6, 6.07) is 9.71. The molecule has 0 atom stereocenters. The average molecular weight is 291 g/mol. The van der Waals surface area contributed by atoms with Crippen LogP contribution in [0.5, 0.6) is 0 Å². The van der Waals surface area contributed by atoms with Crippen LogP contribution in [0.2, 0.25) is 0 Å². The van der Waals surface area contributed by atoms with Gasteiger partial charge in [0.2, 0.25) is 10.0 Å². The van der Waals surface area contributed by atoms with E-state index in [0.29, 0.717) is 11.4 Å². The number of nitrogens with one attached hydrogen (secondary N) is 2. The molecule has 1 heterocycles. The minimum absolute atomic E-state index is 0.264. The summed E-state index contributed by atoms with van der Waals surface area (Å²) in [7, 11) is -3.57. The van der Waals surface area contributed by atoms with Crippen molar-refractivity contribution in [3.05, 3.63) is 47.3 Å². The highest BCUT2D eigenvalue weighted by atomic mass is 32.2. The van der Waals surface area contributed by atoms with Crippen molar-refractivity contribution < 1.29 is 8.42 Å². The third kappa shape index (κ3) is 2.14. The minimum Gasteiger partial charge on any atom is -0.281 e. The summed E-state index contributed by atoms with van der Waals surface area (Å²) in [4.78, 5) is 0.264. The van der Waals surface area contributed by atoms with Gasteiger partial charge in [-0.3, -0.25) is 5.10 Å². The molecule has 20 heavy (non-hydrogen) atoms. The monoisotopic (exact) mass is 291 g/mol. The van der Waals surface area contributed by atoms with Gasteiger partial charge in [-0.2, -0.15) is 5.10 Å². The van der Waals surface area contributed by atoms with E-state index in [-0.39, 0.29) is 4.90 Å². The number of aromatic nitrogens is 2. The van der Waals surface area contributed by atoms with Crippen LogP contribution < -0.4 is 4.72 Å². The van der Waals surface area contributed by atoms with E-state index in [1.54, 1.807) is 13.8 Å². The van der Waals surface area contributed by atoms with Crippen molar-refractivity contribution in [3.8, 4) is 0 Å². The highest BCUT2D eigenvalue weighted by Gasteiger charge is 2.48. The highest BCUT2D eigenvalue weighted by molar-refractivity contribution is 7.89. The van der Waals surface area contributed by atoms with Gasteiger partial charge in [0.25, 0.3) is 0 Å². The fraction of sp³-hybridized carbons (Fsp3) is 0.357. The third-order valence-corrected chi connectivity index (χ3v) is 5.53. The molecular weight excluding hydrogens is 274 g/mol. The first-order chi connectivity index (χ1) is 9.45. The lowest BCUT2D eigenvalue weighted by atomic mass is 10.1. The normalized spacial score (nSPS) is 17.1. The molecule has 0 saturated heterocycles. The number of rotatable bonds is 4. The molecule has 1 aliphatic carbocycles. The van der Waals surface area contributed by atoms with Gasteiger partial charge in [0, 0.05) is 0 Å². The van der Waals surface area contributed by atoms with Crippen molar-refractivity contribution in [3.63, 3.8) is 0 Å². The Kier molecular flexibility index (Phi) is 2.95. The lowest BCUT2D eigenvalue weighted by Gasteiger charge is -2.18. The molecule has 1 aromatic heterocycles. The molecule has 1 saturated carbocycles. The molecule has 1 fully saturated rings. The molecule has 2 aromatic rings. The van der Waals surface area contributed by atoms with Crippen molar-refractivity contribution in [2.75, 3.05) is 0 Å². The second kappa shape index (κ2) is 4.43. The zero-order chi connectivity index (χ0) is 14.4. The lowest BCUT2D eigenvalue weighted by Crippen LogP contribution is -2.35. The van der Waals surface area contributed by atoms with Crippen molar-refractivity contribution in [2.45, 2.75) is 37.1 Å². The van der Waals surface area contributed by atoms with E-state index in [1.165, 1.54) is 0 Å². The summed E-state index contributed by atoms with van der Waals surface area (Å²) in [6.07, 6.45) is 1.65. The molecule has 1 aromatic carbocycles. The Bertz CT molecular complexity index is 712. The number of benzene rings is 1. The van der Waals surface area contributed by atoms with Gasteiger partial charge in [-0.15, -0.1) is 0 Å². The van der Waals surface area contributed by atoms with Crippen molar-refractivity contribution in [2.24, 2.45) is 0 Å². The average Bonchev–Trinajstić information content (AvgIpc) is 3.09.